The average Bonchev–Trinajstić information content (AvgIpc) is 3.28. The van der Waals surface area contributed by atoms with Gasteiger partial charge >= 0.3 is 18.0 Å². The summed E-state index contributed by atoms with van der Waals surface area (Å²) in [5.41, 5.74) is 2.82. The van der Waals surface area contributed by atoms with Crippen LogP contribution in [0.1, 0.15) is 78.4 Å². The van der Waals surface area contributed by atoms with Crippen molar-refractivity contribution in [2.24, 2.45) is 0 Å². The standard InChI is InChI=1S/C34H45N3O9/c1-20(35-32(43)44-18-25-23-14-10-8-12-21(23)22-13-9-11-15-24(22)25)29(39)37-27(19-45-33(2,3)4)30(40)36-26(31(41)42)16-17-28(38)46-34(5,6)7/h8-15,20,25-27H,16-19H2,1-7H3,(H,35,43)(H,36,40)(H,37,39)(H,41,42)/t20-,26-,27-/m0/s1. The molecule has 46 heavy (non-hydrogen) atoms. The highest BCUT2D eigenvalue weighted by atomic mass is 16.6. The molecule has 0 bridgehead atoms. The Bertz CT molecular complexity index is 1380. The van der Waals surface area contributed by atoms with Crippen molar-refractivity contribution in [2.45, 2.75) is 96.6 Å². The van der Waals surface area contributed by atoms with E-state index in [1.165, 1.54) is 6.92 Å². The lowest BCUT2D eigenvalue weighted by Crippen LogP contribution is -2.57. The van der Waals surface area contributed by atoms with Crippen molar-refractivity contribution in [3.05, 3.63) is 59.7 Å². The zero-order chi connectivity index (χ0) is 34.2. The molecule has 0 heterocycles. The quantitative estimate of drug-likeness (QED) is 0.238. The number of amides is 3. The second-order valence-corrected chi connectivity index (χ2v) is 13.2. The van der Waals surface area contributed by atoms with Crippen LogP contribution in [0.3, 0.4) is 0 Å². The molecule has 3 atom stereocenters. The molecule has 12 nitrogen and oxygen atoms in total. The van der Waals surface area contributed by atoms with Crippen LogP contribution < -0.4 is 16.0 Å². The predicted octanol–water partition coefficient (Wildman–Crippen LogP) is 3.90. The maximum absolute atomic E-state index is 13.2. The number of aliphatic carboxylic acids is 1. The van der Waals surface area contributed by atoms with E-state index in [1.54, 1.807) is 41.5 Å². The van der Waals surface area contributed by atoms with Gasteiger partial charge in [0.05, 0.1) is 12.2 Å². The van der Waals surface area contributed by atoms with Crippen molar-refractivity contribution in [2.75, 3.05) is 13.2 Å². The number of benzene rings is 2. The minimum atomic E-state index is -1.43. The highest BCUT2D eigenvalue weighted by molar-refractivity contribution is 5.93. The Morgan fingerprint density at radius 1 is 0.783 bits per heavy atom. The van der Waals surface area contributed by atoms with Crippen LogP contribution in [0, 0.1) is 0 Å². The number of carboxylic acids is 1. The molecular formula is C34H45N3O9. The molecule has 2 aromatic carbocycles. The molecule has 1 aliphatic rings. The molecule has 0 spiro atoms. The second kappa shape index (κ2) is 15.2. The van der Waals surface area contributed by atoms with Gasteiger partial charge in [-0.3, -0.25) is 14.4 Å². The molecule has 1 aliphatic carbocycles. The SMILES string of the molecule is C[C@H](NC(=O)OCC1c2ccccc2-c2ccccc21)C(=O)N[C@@H](COC(C)(C)C)C(=O)N[C@@H](CCC(=O)OC(C)(C)C)C(=O)O. The molecule has 0 aromatic heterocycles. The monoisotopic (exact) mass is 639 g/mol. The van der Waals surface area contributed by atoms with E-state index in [0.29, 0.717) is 0 Å². The largest absolute Gasteiger partial charge is 0.480 e. The van der Waals surface area contributed by atoms with Crippen LogP contribution in [0.25, 0.3) is 11.1 Å². The Balaban J connectivity index is 1.60. The van der Waals surface area contributed by atoms with Crippen LogP contribution in [0.4, 0.5) is 4.79 Å². The summed E-state index contributed by atoms with van der Waals surface area (Å²) in [6.45, 7) is 11.5. The lowest BCUT2D eigenvalue weighted by atomic mass is 9.98. The molecule has 3 rings (SSSR count). The molecule has 0 unspecified atom stereocenters. The van der Waals surface area contributed by atoms with Crippen LogP contribution >= 0.6 is 0 Å². The fourth-order valence-corrected chi connectivity index (χ4v) is 4.88. The van der Waals surface area contributed by atoms with E-state index in [0.717, 1.165) is 22.3 Å². The zero-order valence-corrected chi connectivity index (χ0v) is 27.5. The zero-order valence-electron chi connectivity index (χ0n) is 27.5. The fraction of sp³-hybridized carbons (Fsp3) is 0.500. The molecule has 2 aromatic rings. The number of ether oxygens (including phenoxy) is 3. The normalized spacial score (nSPS) is 14.6. The van der Waals surface area contributed by atoms with E-state index in [-0.39, 0.29) is 32.0 Å². The van der Waals surface area contributed by atoms with E-state index >= 15 is 0 Å². The van der Waals surface area contributed by atoms with Crippen molar-refractivity contribution < 1.29 is 43.3 Å². The van der Waals surface area contributed by atoms with Gasteiger partial charge < -0.3 is 35.3 Å². The maximum atomic E-state index is 13.2. The number of hydrogen-bond acceptors (Lipinski definition) is 8. The van der Waals surface area contributed by atoms with E-state index < -0.39 is 59.2 Å². The van der Waals surface area contributed by atoms with Gasteiger partial charge in [0.25, 0.3) is 0 Å². The highest BCUT2D eigenvalue weighted by Crippen LogP contribution is 2.44. The first-order chi connectivity index (χ1) is 21.4. The topological polar surface area (TPSA) is 169 Å². The molecule has 12 heteroatoms. The smallest absolute Gasteiger partial charge is 0.407 e. The van der Waals surface area contributed by atoms with Crippen LogP contribution in [0.2, 0.25) is 0 Å². The summed E-state index contributed by atoms with van der Waals surface area (Å²) in [5, 5.41) is 17.1. The summed E-state index contributed by atoms with van der Waals surface area (Å²) in [7, 11) is 0. The lowest BCUT2D eigenvalue weighted by Gasteiger charge is -2.27. The first-order valence-corrected chi connectivity index (χ1v) is 15.3. The van der Waals surface area contributed by atoms with Gasteiger partial charge in [0.15, 0.2) is 0 Å². The number of rotatable bonds is 13. The van der Waals surface area contributed by atoms with Crippen molar-refractivity contribution in [3.8, 4) is 11.1 Å². The summed E-state index contributed by atoms with van der Waals surface area (Å²) < 4.78 is 16.5. The van der Waals surface area contributed by atoms with Crippen LogP contribution in [-0.2, 0) is 33.4 Å². The van der Waals surface area contributed by atoms with E-state index in [2.05, 4.69) is 16.0 Å². The summed E-state index contributed by atoms with van der Waals surface area (Å²) in [5.74, 6) is -3.68. The van der Waals surface area contributed by atoms with Crippen molar-refractivity contribution in [1.29, 1.82) is 0 Å². The average molecular weight is 640 g/mol. The Hall–Kier alpha value is -4.45. The molecular weight excluding hydrogens is 594 g/mol. The third kappa shape index (κ3) is 10.6. The molecule has 3 amide bonds. The van der Waals surface area contributed by atoms with Gasteiger partial charge in [0, 0.05) is 12.3 Å². The predicted molar refractivity (Wildman–Crippen MR) is 170 cm³/mol. The fourth-order valence-electron chi connectivity index (χ4n) is 4.88. The maximum Gasteiger partial charge on any atom is 0.407 e. The van der Waals surface area contributed by atoms with Gasteiger partial charge in [0.1, 0.15) is 30.3 Å². The van der Waals surface area contributed by atoms with E-state index in [9.17, 15) is 29.1 Å². The minimum Gasteiger partial charge on any atom is -0.480 e. The first-order valence-electron chi connectivity index (χ1n) is 15.3. The number of hydrogen-bond donors (Lipinski definition) is 4. The summed E-state index contributed by atoms with van der Waals surface area (Å²) in [6, 6.07) is 12.0. The van der Waals surface area contributed by atoms with Gasteiger partial charge in [-0.2, -0.15) is 0 Å². The van der Waals surface area contributed by atoms with Crippen molar-refractivity contribution in [1.82, 2.24) is 16.0 Å². The molecule has 0 fully saturated rings. The number of alkyl carbamates (subject to hydrolysis) is 1. The Morgan fingerprint density at radius 2 is 1.33 bits per heavy atom. The number of fused-ring (bicyclic) bond motifs is 3. The number of esters is 1. The van der Waals surface area contributed by atoms with E-state index in [1.807, 2.05) is 48.5 Å². The minimum absolute atomic E-state index is 0.0541. The second-order valence-electron chi connectivity index (χ2n) is 13.2. The highest BCUT2D eigenvalue weighted by Gasteiger charge is 2.32. The Kier molecular flexibility index (Phi) is 11.9. The number of carboxylic acid groups (broad SMARTS) is 1. The molecule has 250 valence electrons. The Morgan fingerprint density at radius 3 is 1.85 bits per heavy atom. The summed E-state index contributed by atoms with van der Waals surface area (Å²) in [6.07, 6.45) is -1.29. The van der Waals surface area contributed by atoms with Gasteiger partial charge in [-0.05, 0) is 77.1 Å². The van der Waals surface area contributed by atoms with Gasteiger partial charge in [-0.1, -0.05) is 48.5 Å². The third-order valence-corrected chi connectivity index (χ3v) is 7.06. The summed E-state index contributed by atoms with van der Waals surface area (Å²) >= 11 is 0. The molecule has 0 saturated heterocycles. The number of nitrogens with one attached hydrogen (secondary N) is 3. The lowest BCUT2D eigenvalue weighted by molar-refractivity contribution is -0.155. The Labute approximate surface area is 269 Å². The van der Waals surface area contributed by atoms with Crippen LogP contribution in [-0.4, -0.2) is 77.5 Å². The van der Waals surface area contributed by atoms with Gasteiger partial charge in [-0.25, -0.2) is 9.59 Å². The van der Waals surface area contributed by atoms with E-state index in [4.69, 9.17) is 14.2 Å². The van der Waals surface area contributed by atoms with Crippen LogP contribution in [0.5, 0.6) is 0 Å². The van der Waals surface area contributed by atoms with Crippen LogP contribution in [0.15, 0.2) is 48.5 Å². The summed E-state index contributed by atoms with van der Waals surface area (Å²) in [4.78, 5) is 63.0. The molecule has 0 aliphatic heterocycles. The van der Waals surface area contributed by atoms with Crippen molar-refractivity contribution in [3.63, 3.8) is 0 Å². The van der Waals surface area contributed by atoms with Gasteiger partial charge in [0.2, 0.25) is 11.8 Å². The third-order valence-electron chi connectivity index (χ3n) is 7.06. The van der Waals surface area contributed by atoms with Gasteiger partial charge in [-0.15, -0.1) is 0 Å². The number of carbonyl (C=O) groups excluding carboxylic acids is 4. The first kappa shape index (κ1) is 36.0. The van der Waals surface area contributed by atoms with Crippen molar-refractivity contribution >= 4 is 29.8 Å². The number of carbonyl (C=O) groups is 5. The molecule has 0 radical (unpaired) electrons. The molecule has 0 saturated carbocycles. The molecule has 4 N–H and O–H groups in total.